The van der Waals surface area contributed by atoms with Crippen molar-refractivity contribution in [2.45, 2.75) is 11.7 Å². The summed E-state index contributed by atoms with van der Waals surface area (Å²) < 4.78 is 29.2. The molecule has 68 valence electrons. The van der Waals surface area contributed by atoms with Gasteiger partial charge in [0.1, 0.15) is 0 Å². The van der Waals surface area contributed by atoms with E-state index in [4.69, 9.17) is 9.76 Å². The predicted molar refractivity (Wildman–Crippen MR) is 32.7 cm³/mol. The molecule has 1 heterocycles. The second-order valence-corrected chi connectivity index (χ2v) is 3.94. The Balaban J connectivity index is 3.01. The van der Waals surface area contributed by atoms with Gasteiger partial charge in [-0.3, -0.25) is 4.55 Å². The third-order valence-electron chi connectivity index (χ3n) is 1.52. The van der Waals surface area contributed by atoms with Crippen molar-refractivity contribution >= 4 is 21.9 Å². The molecule has 0 aromatic carbocycles. The van der Waals surface area contributed by atoms with Crippen LogP contribution in [0.25, 0.3) is 0 Å². The molecular weight excluding hydrogens is 190 g/mol. The van der Waals surface area contributed by atoms with Gasteiger partial charge < -0.3 is 0 Å². The van der Waals surface area contributed by atoms with Crippen LogP contribution in [0.4, 0.5) is 0 Å². The van der Waals surface area contributed by atoms with Crippen LogP contribution in [0.3, 0.4) is 0 Å². The normalized spacial score (nSPS) is 31.2. The zero-order valence-corrected chi connectivity index (χ0v) is 6.54. The molecule has 8 heteroatoms. The fourth-order valence-corrected chi connectivity index (χ4v) is 1.63. The van der Waals surface area contributed by atoms with Gasteiger partial charge in [0.25, 0.3) is 10.1 Å². The molecule has 1 saturated heterocycles. The van der Waals surface area contributed by atoms with Gasteiger partial charge in [0.15, 0.2) is 0 Å². The average molecular weight is 196 g/mol. The number of nitrogens with one attached hydrogen (secondary N) is 1. The minimum atomic E-state index is -4.57. The Bertz CT molecular complexity index is 331. The van der Waals surface area contributed by atoms with Crippen LogP contribution in [0, 0.1) is 0 Å². The van der Waals surface area contributed by atoms with Crippen molar-refractivity contribution in [3.05, 3.63) is 0 Å². The number of hydroxylamine groups is 2. The van der Waals surface area contributed by atoms with Crippen LogP contribution < -0.4 is 5.06 Å². The summed E-state index contributed by atoms with van der Waals surface area (Å²) >= 11 is 0. The van der Waals surface area contributed by atoms with E-state index >= 15 is 0 Å². The molecule has 12 heavy (non-hydrogen) atoms. The maximum atomic E-state index is 10.7. The van der Waals surface area contributed by atoms with E-state index < -0.39 is 38.7 Å². The Hall–Kier alpha value is -0.830. The third kappa shape index (κ3) is 1.37. The van der Waals surface area contributed by atoms with E-state index in [0.29, 0.717) is 0 Å². The lowest BCUT2D eigenvalue weighted by atomic mass is 10.4. The molecule has 2 atom stereocenters. The zero-order valence-electron chi connectivity index (χ0n) is 5.72. The van der Waals surface area contributed by atoms with Gasteiger partial charge in [0.05, 0.1) is 6.42 Å². The number of quaternary nitrogens is 1. The first-order valence-electron chi connectivity index (χ1n) is 2.93. The molecule has 0 radical (unpaired) electrons. The van der Waals surface area contributed by atoms with Gasteiger partial charge in [-0.05, 0) is 0 Å². The van der Waals surface area contributed by atoms with E-state index in [0.717, 1.165) is 0 Å². The molecule has 0 bridgehead atoms. The topological polar surface area (TPSA) is 113 Å². The number of imide groups is 1. The lowest BCUT2D eigenvalue weighted by molar-refractivity contribution is -0.948. The van der Waals surface area contributed by atoms with Gasteiger partial charge in [-0.15, -0.1) is 0 Å². The minimum absolute atomic E-state index is 0.677. The largest absolute Gasteiger partial charge is 0.373 e. The van der Waals surface area contributed by atoms with Gasteiger partial charge >= 0.3 is 11.8 Å². The van der Waals surface area contributed by atoms with Gasteiger partial charge in [0.2, 0.25) is 5.25 Å². The first-order valence-corrected chi connectivity index (χ1v) is 4.44. The molecule has 1 aliphatic heterocycles. The number of rotatable bonds is 1. The lowest BCUT2D eigenvalue weighted by Crippen LogP contribution is -3.13. The van der Waals surface area contributed by atoms with Crippen LogP contribution in [0.15, 0.2) is 0 Å². The van der Waals surface area contributed by atoms with Crippen LogP contribution in [0.5, 0.6) is 0 Å². The van der Waals surface area contributed by atoms with Gasteiger partial charge in [-0.25, -0.2) is 14.8 Å². The Labute approximate surface area is 67.3 Å². The summed E-state index contributed by atoms with van der Waals surface area (Å²) in [6.45, 7) is 0. The zero-order chi connectivity index (χ0) is 9.52. The molecule has 2 amide bonds. The van der Waals surface area contributed by atoms with Crippen molar-refractivity contribution in [2.75, 3.05) is 0 Å². The second-order valence-electron chi connectivity index (χ2n) is 2.34. The van der Waals surface area contributed by atoms with Gasteiger partial charge in [-0.1, -0.05) is 5.06 Å². The maximum Gasteiger partial charge on any atom is 0.373 e. The van der Waals surface area contributed by atoms with E-state index in [9.17, 15) is 18.0 Å². The molecule has 0 aliphatic carbocycles. The van der Waals surface area contributed by atoms with E-state index in [1.165, 1.54) is 0 Å². The van der Waals surface area contributed by atoms with E-state index in [1.54, 1.807) is 0 Å². The Morgan fingerprint density at radius 2 is 1.92 bits per heavy atom. The predicted octanol–water partition coefficient (Wildman–Crippen LogP) is -3.03. The van der Waals surface area contributed by atoms with E-state index in [1.807, 2.05) is 0 Å². The Morgan fingerprint density at radius 1 is 1.42 bits per heavy atom. The Morgan fingerprint density at radius 3 is 2.08 bits per heavy atom. The number of hydrogen-bond donors (Lipinski definition) is 3. The van der Waals surface area contributed by atoms with Crippen molar-refractivity contribution < 1.29 is 32.8 Å². The summed E-state index contributed by atoms with van der Waals surface area (Å²) in [5, 5.41) is 5.73. The van der Waals surface area contributed by atoms with Crippen LogP contribution in [0.2, 0.25) is 0 Å². The van der Waals surface area contributed by atoms with E-state index in [2.05, 4.69) is 0 Å². The Kier molecular flexibility index (Phi) is 2.00. The summed E-state index contributed by atoms with van der Waals surface area (Å²) in [6, 6.07) is 0. The summed E-state index contributed by atoms with van der Waals surface area (Å²) in [5.74, 6) is -2.19. The van der Waals surface area contributed by atoms with Gasteiger partial charge in [-0.2, -0.15) is 8.42 Å². The molecule has 1 rings (SSSR count). The third-order valence-corrected chi connectivity index (χ3v) is 2.62. The maximum absolute atomic E-state index is 10.7. The summed E-state index contributed by atoms with van der Waals surface area (Å²) in [5.41, 5.74) is 0. The molecule has 2 unspecified atom stereocenters. The molecule has 0 spiro atoms. The highest BCUT2D eigenvalue weighted by Gasteiger charge is 2.51. The van der Waals surface area contributed by atoms with Crippen molar-refractivity contribution in [2.24, 2.45) is 0 Å². The van der Waals surface area contributed by atoms with Crippen LogP contribution >= 0.6 is 0 Å². The number of amides is 2. The number of hydrogen-bond acceptors (Lipinski definition) is 5. The summed E-state index contributed by atoms with van der Waals surface area (Å²) in [4.78, 5) is 21.3. The fraction of sp³-hybridized carbons (Fsp3) is 0.500. The first kappa shape index (κ1) is 9.26. The monoisotopic (exact) mass is 196 g/mol. The van der Waals surface area contributed by atoms with Crippen LogP contribution in [0.1, 0.15) is 6.42 Å². The molecule has 0 saturated carbocycles. The van der Waals surface area contributed by atoms with Crippen LogP contribution in [-0.4, -0.2) is 35.2 Å². The number of carbonyl (C=O) groups excluding carboxylic acids is 2. The highest BCUT2D eigenvalue weighted by molar-refractivity contribution is 7.87. The first-order chi connectivity index (χ1) is 5.34. The molecule has 0 aromatic rings. The van der Waals surface area contributed by atoms with Crippen LogP contribution in [-0.2, 0) is 19.7 Å². The highest BCUT2D eigenvalue weighted by atomic mass is 32.2. The molecule has 1 aliphatic rings. The van der Waals surface area contributed by atoms with Crippen molar-refractivity contribution in [1.29, 1.82) is 0 Å². The smallest absolute Gasteiger partial charge is 0.285 e. The van der Waals surface area contributed by atoms with Crippen molar-refractivity contribution in [3.8, 4) is 0 Å². The molecular formula is C4H6NO6S+. The fourth-order valence-electron chi connectivity index (χ4n) is 0.888. The molecule has 3 N–H and O–H groups in total. The summed E-state index contributed by atoms with van der Waals surface area (Å²) in [7, 11) is -4.57. The minimum Gasteiger partial charge on any atom is -0.285 e. The molecule has 7 nitrogen and oxygen atoms in total. The quantitative estimate of drug-likeness (QED) is 0.233. The number of carbonyl (C=O) groups is 2. The lowest BCUT2D eigenvalue weighted by Gasteiger charge is -1.97. The van der Waals surface area contributed by atoms with Gasteiger partial charge in [0, 0.05) is 0 Å². The van der Waals surface area contributed by atoms with Crippen molar-refractivity contribution in [3.63, 3.8) is 0 Å². The highest BCUT2D eigenvalue weighted by Crippen LogP contribution is 2.06. The standard InChI is InChI=1S/C4H5NO6S/c6-3-1-2(12(9,10)11)4(7)5(3)8/h2,8H,1H2,(H,9,10,11)/p+1. The molecule has 0 aromatic heterocycles. The summed E-state index contributed by atoms with van der Waals surface area (Å²) in [6.07, 6.45) is -0.677. The average Bonchev–Trinajstić information content (AvgIpc) is 2.15. The second kappa shape index (κ2) is 2.59. The SMILES string of the molecule is O=C1CC(S(=O)(=O)O)C(=O)[NH+]1O. The van der Waals surface area contributed by atoms with E-state index in [-0.39, 0.29) is 0 Å². The molecule has 1 fully saturated rings. The van der Waals surface area contributed by atoms with Crippen molar-refractivity contribution in [1.82, 2.24) is 0 Å².